The number of ether oxygens (including phenoxy) is 2. The van der Waals surface area contributed by atoms with Crippen molar-refractivity contribution in [3.63, 3.8) is 0 Å². The van der Waals surface area contributed by atoms with E-state index in [0.29, 0.717) is 30.2 Å². The molecule has 6 heteroatoms. The first-order valence-corrected chi connectivity index (χ1v) is 9.04. The van der Waals surface area contributed by atoms with Gasteiger partial charge in [-0.05, 0) is 36.6 Å². The Balaban J connectivity index is 1.42. The lowest BCUT2D eigenvalue weighted by molar-refractivity contribution is -0.123. The summed E-state index contributed by atoms with van der Waals surface area (Å²) in [5.41, 5.74) is 2.74. The number of anilines is 2. The second-order valence-corrected chi connectivity index (χ2v) is 6.87. The second kappa shape index (κ2) is 6.95. The van der Waals surface area contributed by atoms with Gasteiger partial charge in [0.1, 0.15) is 11.5 Å². The molecule has 2 atom stereocenters. The van der Waals surface area contributed by atoms with Gasteiger partial charge in [0, 0.05) is 18.3 Å². The van der Waals surface area contributed by atoms with Crippen molar-refractivity contribution in [2.24, 2.45) is 11.8 Å². The molecule has 1 aliphatic heterocycles. The highest BCUT2D eigenvalue weighted by Gasteiger charge is 2.50. The normalized spacial score (nSPS) is 20.0. The summed E-state index contributed by atoms with van der Waals surface area (Å²) in [6, 6.07) is 13.2. The smallest absolute Gasteiger partial charge is 0.230 e. The van der Waals surface area contributed by atoms with Gasteiger partial charge in [-0.2, -0.15) is 0 Å². The molecule has 2 unspecified atom stereocenters. The van der Waals surface area contributed by atoms with Crippen molar-refractivity contribution in [2.45, 2.75) is 12.8 Å². The third-order valence-electron chi connectivity index (χ3n) is 5.26. The van der Waals surface area contributed by atoms with Crippen LogP contribution in [0.4, 0.5) is 11.4 Å². The number of hydrogen-bond acceptors (Lipinski definition) is 4. The zero-order valence-electron chi connectivity index (χ0n) is 15.4. The summed E-state index contributed by atoms with van der Waals surface area (Å²) in [6.45, 7) is 0.690. The second-order valence-electron chi connectivity index (χ2n) is 6.87. The number of carbonyl (C=O) groups is 2. The number of fused-ring (bicyclic) bond motifs is 1. The largest absolute Gasteiger partial charge is 0.497 e. The molecule has 1 heterocycles. The molecule has 0 aromatic heterocycles. The van der Waals surface area contributed by atoms with E-state index in [2.05, 4.69) is 11.4 Å². The first-order chi connectivity index (χ1) is 13.1. The molecule has 6 nitrogen and oxygen atoms in total. The lowest BCUT2D eigenvalue weighted by atomic mass is 10.2. The molecule has 1 fully saturated rings. The minimum absolute atomic E-state index is 0.0433. The standard InChI is InChI=1S/C21H22N2O4/c1-26-14-7-8-17(19(11-14)27-2)22-20(24)15-12-16(15)21(25)23-10-9-13-5-3-4-6-18(13)23/h3-8,11,15-16H,9-10,12H2,1-2H3,(H,22,24). The van der Waals surface area contributed by atoms with Crippen LogP contribution >= 0.6 is 0 Å². The number of carbonyl (C=O) groups excluding carboxylic acids is 2. The van der Waals surface area contributed by atoms with Gasteiger partial charge in [-0.25, -0.2) is 0 Å². The number of nitrogens with one attached hydrogen (secondary N) is 1. The van der Waals surface area contributed by atoms with Crippen LogP contribution in [0.1, 0.15) is 12.0 Å². The molecule has 2 aliphatic rings. The van der Waals surface area contributed by atoms with Crippen LogP contribution in [-0.4, -0.2) is 32.6 Å². The van der Waals surface area contributed by atoms with Crippen LogP contribution in [0.15, 0.2) is 42.5 Å². The van der Waals surface area contributed by atoms with Crippen LogP contribution < -0.4 is 19.7 Å². The van der Waals surface area contributed by atoms with Crippen molar-refractivity contribution in [3.05, 3.63) is 48.0 Å². The van der Waals surface area contributed by atoms with Crippen LogP contribution in [0.3, 0.4) is 0 Å². The van der Waals surface area contributed by atoms with Gasteiger partial charge in [-0.3, -0.25) is 9.59 Å². The molecule has 140 valence electrons. The number of rotatable bonds is 5. The molecule has 0 radical (unpaired) electrons. The maximum atomic E-state index is 12.8. The average Bonchev–Trinajstić information content (AvgIpc) is 3.39. The van der Waals surface area contributed by atoms with Gasteiger partial charge in [0.2, 0.25) is 11.8 Å². The minimum Gasteiger partial charge on any atom is -0.497 e. The highest BCUT2D eigenvalue weighted by Crippen LogP contribution is 2.43. The Bertz CT molecular complexity index is 896. The highest BCUT2D eigenvalue weighted by molar-refractivity contribution is 6.05. The number of nitrogens with zero attached hydrogens (tertiary/aromatic N) is 1. The molecule has 4 rings (SSSR count). The third kappa shape index (κ3) is 3.23. The fourth-order valence-corrected chi connectivity index (χ4v) is 3.65. The topological polar surface area (TPSA) is 67.9 Å². The molecule has 1 saturated carbocycles. The third-order valence-corrected chi connectivity index (χ3v) is 5.26. The first-order valence-electron chi connectivity index (χ1n) is 9.04. The number of hydrogen-bond donors (Lipinski definition) is 1. The van der Waals surface area contributed by atoms with Crippen LogP contribution in [0, 0.1) is 11.8 Å². The van der Waals surface area contributed by atoms with Gasteiger partial charge in [-0.15, -0.1) is 0 Å². The molecule has 1 aliphatic carbocycles. The zero-order chi connectivity index (χ0) is 19.0. The summed E-state index contributed by atoms with van der Waals surface area (Å²) in [7, 11) is 3.11. The van der Waals surface area contributed by atoms with E-state index in [1.165, 1.54) is 5.56 Å². The molecule has 1 N–H and O–H groups in total. The van der Waals surface area contributed by atoms with Crippen molar-refractivity contribution >= 4 is 23.2 Å². The maximum Gasteiger partial charge on any atom is 0.230 e. The molecule has 0 saturated heterocycles. The maximum absolute atomic E-state index is 12.8. The Morgan fingerprint density at radius 1 is 1.07 bits per heavy atom. The highest BCUT2D eigenvalue weighted by atomic mass is 16.5. The van der Waals surface area contributed by atoms with Gasteiger partial charge >= 0.3 is 0 Å². The van der Waals surface area contributed by atoms with Crippen LogP contribution in [0.5, 0.6) is 11.5 Å². The molecular formula is C21H22N2O4. The van der Waals surface area contributed by atoms with E-state index in [1.54, 1.807) is 32.4 Å². The summed E-state index contributed by atoms with van der Waals surface area (Å²) in [4.78, 5) is 27.3. The minimum atomic E-state index is -0.294. The molecule has 2 aromatic carbocycles. The average molecular weight is 366 g/mol. The Labute approximate surface area is 158 Å². The number of para-hydroxylation sites is 1. The summed E-state index contributed by atoms with van der Waals surface area (Å²) < 4.78 is 10.5. The molecular weight excluding hydrogens is 344 g/mol. The summed E-state index contributed by atoms with van der Waals surface area (Å²) >= 11 is 0. The fourth-order valence-electron chi connectivity index (χ4n) is 3.65. The van der Waals surface area contributed by atoms with E-state index in [-0.39, 0.29) is 23.7 Å². The van der Waals surface area contributed by atoms with E-state index >= 15 is 0 Å². The van der Waals surface area contributed by atoms with Crippen molar-refractivity contribution in [3.8, 4) is 11.5 Å². The summed E-state index contributed by atoms with van der Waals surface area (Å²) in [5.74, 6) is 0.528. The van der Waals surface area contributed by atoms with Gasteiger partial charge in [0.25, 0.3) is 0 Å². The Hall–Kier alpha value is -3.02. The van der Waals surface area contributed by atoms with Gasteiger partial charge in [0.05, 0.1) is 31.7 Å². The zero-order valence-corrected chi connectivity index (χ0v) is 15.4. The van der Waals surface area contributed by atoms with Crippen molar-refractivity contribution in [2.75, 3.05) is 31.0 Å². The van der Waals surface area contributed by atoms with E-state index in [1.807, 2.05) is 23.1 Å². The molecule has 27 heavy (non-hydrogen) atoms. The van der Waals surface area contributed by atoms with Crippen molar-refractivity contribution in [1.82, 2.24) is 0 Å². The van der Waals surface area contributed by atoms with Gasteiger partial charge in [-0.1, -0.05) is 18.2 Å². The van der Waals surface area contributed by atoms with Crippen molar-refractivity contribution in [1.29, 1.82) is 0 Å². The molecule has 2 amide bonds. The monoisotopic (exact) mass is 366 g/mol. The van der Waals surface area contributed by atoms with E-state index in [9.17, 15) is 9.59 Å². The van der Waals surface area contributed by atoms with E-state index < -0.39 is 0 Å². The molecule has 0 bridgehead atoms. The Morgan fingerprint density at radius 2 is 1.89 bits per heavy atom. The SMILES string of the molecule is COc1ccc(NC(=O)C2CC2C(=O)N2CCc3ccccc32)c(OC)c1. The molecule has 0 spiro atoms. The van der Waals surface area contributed by atoms with Crippen LogP contribution in [0.25, 0.3) is 0 Å². The number of amides is 2. The number of benzene rings is 2. The first kappa shape index (κ1) is 17.4. The number of methoxy groups -OCH3 is 2. The van der Waals surface area contributed by atoms with Gasteiger partial charge < -0.3 is 19.7 Å². The Kier molecular flexibility index (Phi) is 4.48. The van der Waals surface area contributed by atoms with Crippen LogP contribution in [-0.2, 0) is 16.0 Å². The quantitative estimate of drug-likeness (QED) is 0.884. The lowest BCUT2D eigenvalue weighted by Gasteiger charge is -2.17. The summed E-state index contributed by atoms with van der Waals surface area (Å²) in [6.07, 6.45) is 1.45. The Morgan fingerprint density at radius 3 is 2.67 bits per heavy atom. The predicted molar refractivity (Wildman–Crippen MR) is 102 cm³/mol. The van der Waals surface area contributed by atoms with E-state index in [0.717, 1.165) is 12.1 Å². The lowest BCUT2D eigenvalue weighted by Crippen LogP contribution is -2.32. The van der Waals surface area contributed by atoms with Crippen LogP contribution in [0.2, 0.25) is 0 Å². The van der Waals surface area contributed by atoms with Gasteiger partial charge in [0.15, 0.2) is 0 Å². The van der Waals surface area contributed by atoms with Crippen molar-refractivity contribution < 1.29 is 19.1 Å². The summed E-state index contributed by atoms with van der Waals surface area (Å²) in [5, 5.41) is 2.88. The molecule has 2 aromatic rings. The predicted octanol–water partition coefficient (Wildman–Crippen LogP) is 2.87. The van der Waals surface area contributed by atoms with E-state index in [4.69, 9.17) is 9.47 Å². The fraction of sp³-hybridized carbons (Fsp3) is 0.333.